The van der Waals surface area contributed by atoms with Crippen molar-refractivity contribution >= 4 is 17.7 Å². The number of hydrogen-bond donors (Lipinski definition) is 1. The van der Waals surface area contributed by atoms with Crippen LogP contribution < -0.4 is 10.1 Å². The van der Waals surface area contributed by atoms with Crippen LogP contribution in [0.5, 0.6) is 5.75 Å². The van der Waals surface area contributed by atoms with E-state index in [4.69, 9.17) is 4.74 Å². The van der Waals surface area contributed by atoms with Crippen LogP contribution in [-0.2, 0) is 9.59 Å². The molecule has 0 radical (unpaired) electrons. The molecule has 0 bridgehead atoms. The SMILES string of the molecule is COc1cc(C)cc(C)c1C(=O)N1CCCN(C(=O)C2CCC(=O)N2)CC1. The van der Waals surface area contributed by atoms with Gasteiger partial charge in [-0.2, -0.15) is 0 Å². The van der Waals surface area contributed by atoms with Crippen LogP contribution in [0, 0.1) is 13.8 Å². The van der Waals surface area contributed by atoms with Gasteiger partial charge in [0.2, 0.25) is 11.8 Å². The van der Waals surface area contributed by atoms with E-state index < -0.39 is 6.04 Å². The van der Waals surface area contributed by atoms with E-state index in [-0.39, 0.29) is 17.7 Å². The van der Waals surface area contributed by atoms with Crippen LogP contribution in [0.1, 0.15) is 40.7 Å². The minimum Gasteiger partial charge on any atom is -0.496 e. The third-order valence-electron chi connectivity index (χ3n) is 5.27. The Morgan fingerprint density at radius 3 is 2.48 bits per heavy atom. The second-order valence-electron chi connectivity index (χ2n) is 7.29. The fourth-order valence-corrected chi connectivity index (χ4v) is 3.88. The molecule has 2 aliphatic heterocycles. The maximum absolute atomic E-state index is 13.1. The van der Waals surface area contributed by atoms with Crippen molar-refractivity contribution in [1.29, 1.82) is 0 Å². The number of hydrogen-bond acceptors (Lipinski definition) is 4. The van der Waals surface area contributed by atoms with Crippen molar-refractivity contribution < 1.29 is 19.1 Å². The molecule has 146 valence electrons. The Morgan fingerprint density at radius 2 is 1.81 bits per heavy atom. The van der Waals surface area contributed by atoms with Crippen molar-refractivity contribution in [3.8, 4) is 5.75 Å². The predicted molar refractivity (Wildman–Crippen MR) is 101 cm³/mol. The molecule has 7 heteroatoms. The lowest BCUT2D eigenvalue weighted by molar-refractivity contribution is -0.134. The van der Waals surface area contributed by atoms with E-state index in [1.165, 1.54) is 0 Å². The van der Waals surface area contributed by atoms with Gasteiger partial charge in [-0.25, -0.2) is 0 Å². The highest BCUT2D eigenvalue weighted by Crippen LogP contribution is 2.26. The van der Waals surface area contributed by atoms with Gasteiger partial charge in [0.1, 0.15) is 11.8 Å². The highest BCUT2D eigenvalue weighted by molar-refractivity contribution is 5.98. The Hall–Kier alpha value is -2.57. The minimum atomic E-state index is -0.417. The lowest BCUT2D eigenvalue weighted by atomic mass is 10.0. The quantitative estimate of drug-likeness (QED) is 0.865. The maximum atomic E-state index is 13.1. The van der Waals surface area contributed by atoms with Gasteiger partial charge >= 0.3 is 0 Å². The summed E-state index contributed by atoms with van der Waals surface area (Å²) >= 11 is 0. The number of nitrogens with zero attached hydrogens (tertiary/aromatic N) is 2. The molecule has 0 aliphatic carbocycles. The lowest BCUT2D eigenvalue weighted by Gasteiger charge is -2.25. The monoisotopic (exact) mass is 373 g/mol. The van der Waals surface area contributed by atoms with Gasteiger partial charge in [-0.15, -0.1) is 0 Å². The lowest BCUT2D eigenvalue weighted by Crippen LogP contribution is -2.46. The summed E-state index contributed by atoms with van der Waals surface area (Å²) in [6.45, 7) is 6.03. The molecule has 0 saturated carbocycles. The highest BCUT2D eigenvalue weighted by Gasteiger charge is 2.32. The van der Waals surface area contributed by atoms with Gasteiger partial charge in [-0.1, -0.05) is 6.07 Å². The molecular weight excluding hydrogens is 346 g/mol. The van der Waals surface area contributed by atoms with Crippen LogP contribution >= 0.6 is 0 Å². The summed E-state index contributed by atoms with van der Waals surface area (Å²) in [4.78, 5) is 40.7. The average Bonchev–Trinajstić information content (AvgIpc) is 2.92. The van der Waals surface area contributed by atoms with E-state index in [1.807, 2.05) is 26.0 Å². The number of amides is 3. The Kier molecular flexibility index (Phi) is 5.68. The van der Waals surface area contributed by atoms with Crippen molar-refractivity contribution in [2.24, 2.45) is 0 Å². The Bertz CT molecular complexity index is 762. The van der Waals surface area contributed by atoms with Crippen molar-refractivity contribution in [1.82, 2.24) is 15.1 Å². The fourth-order valence-electron chi connectivity index (χ4n) is 3.88. The number of nitrogens with one attached hydrogen (secondary N) is 1. The predicted octanol–water partition coefficient (Wildman–Crippen LogP) is 1.27. The third kappa shape index (κ3) is 4.07. The fraction of sp³-hybridized carbons (Fsp3) is 0.550. The van der Waals surface area contributed by atoms with E-state index in [2.05, 4.69) is 5.32 Å². The third-order valence-corrected chi connectivity index (χ3v) is 5.27. The standard InChI is InChI=1S/C20H27N3O4/c1-13-11-14(2)18(16(12-13)27-3)20(26)23-8-4-7-22(9-10-23)19(25)15-5-6-17(24)21-15/h11-12,15H,4-10H2,1-3H3,(H,21,24). The zero-order chi connectivity index (χ0) is 19.6. The first kappa shape index (κ1) is 19.2. The average molecular weight is 373 g/mol. The number of methoxy groups -OCH3 is 1. The number of rotatable bonds is 3. The van der Waals surface area contributed by atoms with E-state index in [9.17, 15) is 14.4 Å². The summed E-state index contributed by atoms with van der Waals surface area (Å²) in [5, 5.41) is 2.73. The summed E-state index contributed by atoms with van der Waals surface area (Å²) < 4.78 is 5.43. The number of aryl methyl sites for hydroxylation is 2. The largest absolute Gasteiger partial charge is 0.496 e. The minimum absolute atomic E-state index is 0.0424. The molecule has 1 unspecified atom stereocenters. The molecule has 0 spiro atoms. The number of ether oxygens (including phenoxy) is 1. The van der Waals surface area contributed by atoms with E-state index >= 15 is 0 Å². The van der Waals surface area contributed by atoms with Gasteiger partial charge < -0.3 is 19.9 Å². The second kappa shape index (κ2) is 7.98. The summed E-state index contributed by atoms with van der Waals surface area (Å²) in [5.41, 5.74) is 2.53. The molecule has 2 saturated heterocycles. The van der Waals surface area contributed by atoms with Gasteiger partial charge in [0.15, 0.2) is 0 Å². The highest BCUT2D eigenvalue weighted by atomic mass is 16.5. The Morgan fingerprint density at radius 1 is 1.11 bits per heavy atom. The topological polar surface area (TPSA) is 79.0 Å². The van der Waals surface area contributed by atoms with E-state index in [1.54, 1.807) is 16.9 Å². The number of carbonyl (C=O) groups is 3. The Labute approximate surface area is 159 Å². The molecule has 1 aromatic carbocycles. The maximum Gasteiger partial charge on any atom is 0.257 e. The Balaban J connectivity index is 1.70. The first-order valence-electron chi connectivity index (χ1n) is 9.43. The molecule has 2 heterocycles. The molecule has 1 aromatic rings. The van der Waals surface area contributed by atoms with Crippen LogP contribution in [0.4, 0.5) is 0 Å². The first-order valence-corrected chi connectivity index (χ1v) is 9.43. The summed E-state index contributed by atoms with van der Waals surface area (Å²) in [6, 6.07) is 3.43. The molecule has 7 nitrogen and oxygen atoms in total. The molecule has 2 fully saturated rings. The summed E-state index contributed by atoms with van der Waals surface area (Å²) in [5.74, 6) is 0.414. The number of carbonyl (C=O) groups excluding carboxylic acids is 3. The van der Waals surface area contributed by atoms with E-state index in [0.29, 0.717) is 56.8 Å². The van der Waals surface area contributed by atoms with Crippen LogP contribution in [-0.4, -0.2) is 66.9 Å². The van der Waals surface area contributed by atoms with Gasteiger partial charge in [0.05, 0.1) is 12.7 Å². The molecule has 1 N–H and O–H groups in total. The first-order chi connectivity index (χ1) is 12.9. The van der Waals surface area contributed by atoms with Gasteiger partial charge in [-0.3, -0.25) is 14.4 Å². The van der Waals surface area contributed by atoms with Gasteiger partial charge in [0, 0.05) is 32.6 Å². The van der Waals surface area contributed by atoms with Crippen molar-refractivity contribution in [3.63, 3.8) is 0 Å². The second-order valence-corrected chi connectivity index (χ2v) is 7.29. The number of benzene rings is 1. The molecule has 27 heavy (non-hydrogen) atoms. The molecular formula is C20H27N3O4. The van der Waals surface area contributed by atoms with E-state index in [0.717, 1.165) is 11.1 Å². The molecule has 1 atom stereocenters. The van der Waals surface area contributed by atoms with Gasteiger partial charge in [0.25, 0.3) is 5.91 Å². The van der Waals surface area contributed by atoms with Crippen LogP contribution in [0.3, 0.4) is 0 Å². The van der Waals surface area contributed by atoms with Crippen molar-refractivity contribution in [3.05, 3.63) is 28.8 Å². The summed E-state index contributed by atoms with van der Waals surface area (Å²) in [6.07, 6.45) is 1.67. The zero-order valence-corrected chi connectivity index (χ0v) is 16.2. The van der Waals surface area contributed by atoms with Crippen molar-refractivity contribution in [2.75, 3.05) is 33.3 Å². The molecule has 0 aromatic heterocycles. The zero-order valence-electron chi connectivity index (χ0n) is 16.2. The van der Waals surface area contributed by atoms with Gasteiger partial charge in [-0.05, 0) is 43.9 Å². The smallest absolute Gasteiger partial charge is 0.257 e. The van der Waals surface area contributed by atoms with Crippen LogP contribution in [0.25, 0.3) is 0 Å². The molecule has 3 amide bonds. The molecule has 2 aliphatic rings. The summed E-state index contributed by atoms with van der Waals surface area (Å²) in [7, 11) is 1.57. The van der Waals surface area contributed by atoms with Crippen molar-refractivity contribution in [2.45, 2.75) is 39.2 Å². The van der Waals surface area contributed by atoms with Crippen LogP contribution in [0.15, 0.2) is 12.1 Å². The normalized spacial score (nSPS) is 20.3. The van der Waals surface area contributed by atoms with Crippen LogP contribution in [0.2, 0.25) is 0 Å². The molecule has 3 rings (SSSR count).